The Bertz CT molecular complexity index is 490. The number of aliphatic imine (C=N–C) groups is 1. The molecule has 0 bridgehead atoms. The number of rotatable bonds is 0. The molecule has 4 heteroatoms. The van der Waals surface area contributed by atoms with Gasteiger partial charge in [-0.1, -0.05) is 0 Å². The van der Waals surface area contributed by atoms with Gasteiger partial charge in [0.2, 0.25) is 0 Å². The highest BCUT2D eigenvalue weighted by Gasteiger charge is 2.06. The molecule has 4 heterocycles. The van der Waals surface area contributed by atoms with Gasteiger partial charge in [0.15, 0.2) is 0 Å². The highest BCUT2D eigenvalue weighted by molar-refractivity contribution is 5.78. The largest absolute Gasteiger partial charge is 0.355 e. The first-order valence-corrected chi connectivity index (χ1v) is 5.30. The third kappa shape index (κ3) is 1.67. The maximum atomic E-state index is 5.12. The highest BCUT2D eigenvalue weighted by Crippen LogP contribution is 2.10. The van der Waals surface area contributed by atoms with Crippen LogP contribution in [0.3, 0.4) is 0 Å². The van der Waals surface area contributed by atoms with Crippen molar-refractivity contribution in [2.75, 3.05) is 0 Å². The molecule has 0 atom stereocenters. The molecule has 16 heavy (non-hydrogen) atoms. The van der Waals surface area contributed by atoms with Gasteiger partial charge in [0.1, 0.15) is 13.4 Å². The molecule has 2 aliphatic heterocycles. The topological polar surface area (TPSA) is 31.4 Å². The third-order valence-electron chi connectivity index (χ3n) is 2.73. The zero-order valence-corrected chi connectivity index (χ0v) is 8.91. The van der Waals surface area contributed by atoms with Crippen LogP contribution in [0.2, 0.25) is 0 Å². The molecule has 0 unspecified atom stereocenters. The van der Waals surface area contributed by atoms with E-state index in [0.717, 1.165) is 20.0 Å². The average Bonchev–Trinajstić information content (AvgIpc) is 2.99. The third-order valence-corrected chi connectivity index (χ3v) is 2.73. The molecule has 2 aliphatic rings. The van der Waals surface area contributed by atoms with Crippen LogP contribution in [0.1, 0.15) is 11.4 Å². The quantitative estimate of drug-likeness (QED) is 0.660. The Hall–Kier alpha value is -1.81. The summed E-state index contributed by atoms with van der Waals surface area (Å²) >= 11 is 0. The normalized spacial score (nSPS) is 15.5. The summed E-state index contributed by atoms with van der Waals surface area (Å²) in [4.78, 5) is 4.05. The van der Waals surface area contributed by atoms with Gasteiger partial charge in [-0.3, -0.25) is 4.99 Å². The molecule has 0 N–H and O–H groups in total. The molecule has 2 aromatic rings. The molecule has 0 spiro atoms. The predicted octanol–water partition coefficient (Wildman–Crippen LogP) is 1.85. The molecule has 4 nitrogen and oxygen atoms in total. The van der Waals surface area contributed by atoms with Crippen LogP contribution in [-0.2, 0) is 24.7 Å². The number of ether oxygens (including phenoxy) is 1. The molecule has 0 saturated heterocycles. The molecular weight excluding hydrogens is 202 g/mol. The number of fused-ring (bicyclic) bond motifs is 2. The minimum atomic E-state index is 0.738. The van der Waals surface area contributed by atoms with Gasteiger partial charge < -0.3 is 13.9 Å². The summed E-state index contributed by atoms with van der Waals surface area (Å²) in [5.74, 6) is 0. The van der Waals surface area contributed by atoms with Gasteiger partial charge in [-0.2, -0.15) is 0 Å². The molecule has 2 aromatic heterocycles. The van der Waals surface area contributed by atoms with Gasteiger partial charge in [0.25, 0.3) is 0 Å². The van der Waals surface area contributed by atoms with Gasteiger partial charge >= 0.3 is 0 Å². The van der Waals surface area contributed by atoms with E-state index in [9.17, 15) is 0 Å². The minimum Gasteiger partial charge on any atom is -0.355 e. The van der Waals surface area contributed by atoms with Crippen LogP contribution in [0.25, 0.3) is 0 Å². The van der Waals surface area contributed by atoms with E-state index < -0.39 is 0 Å². The average molecular weight is 215 g/mol. The summed E-state index contributed by atoms with van der Waals surface area (Å²) in [7, 11) is 0. The second-order valence-electron chi connectivity index (χ2n) is 3.80. The van der Waals surface area contributed by atoms with Crippen molar-refractivity contribution in [3.8, 4) is 0 Å². The predicted molar refractivity (Wildman–Crippen MR) is 61.2 cm³/mol. The van der Waals surface area contributed by atoms with Gasteiger partial charge in [-0.05, 0) is 24.3 Å². The number of aromatic nitrogens is 2. The van der Waals surface area contributed by atoms with E-state index in [1.165, 1.54) is 11.4 Å². The molecule has 0 saturated carbocycles. The Labute approximate surface area is 93.8 Å². The summed E-state index contributed by atoms with van der Waals surface area (Å²) in [6, 6.07) is 8.20. The van der Waals surface area contributed by atoms with Gasteiger partial charge in [0, 0.05) is 24.3 Å². The maximum absolute atomic E-state index is 5.12. The lowest BCUT2D eigenvalue weighted by molar-refractivity contribution is 0.108. The lowest BCUT2D eigenvalue weighted by atomic mass is 10.5. The van der Waals surface area contributed by atoms with Crippen LogP contribution in [0.5, 0.6) is 0 Å². The summed E-state index contributed by atoms with van der Waals surface area (Å²) < 4.78 is 9.31. The summed E-state index contributed by atoms with van der Waals surface area (Å²) in [6.45, 7) is 2.33. The smallest absolute Gasteiger partial charge is 0.123 e. The summed E-state index contributed by atoms with van der Waals surface area (Å²) in [6.07, 6.45) is 5.95. The number of hydrogen-bond donors (Lipinski definition) is 0. The molecule has 0 aromatic carbocycles. The lowest BCUT2D eigenvalue weighted by Crippen LogP contribution is -1.88. The van der Waals surface area contributed by atoms with Gasteiger partial charge in [0.05, 0.1) is 12.3 Å². The van der Waals surface area contributed by atoms with Crippen molar-refractivity contribution in [3.05, 3.63) is 48.0 Å². The van der Waals surface area contributed by atoms with Crippen molar-refractivity contribution < 1.29 is 4.74 Å². The van der Waals surface area contributed by atoms with Crippen LogP contribution in [0, 0.1) is 0 Å². The van der Waals surface area contributed by atoms with Crippen molar-refractivity contribution in [1.82, 2.24) is 9.13 Å². The fourth-order valence-corrected chi connectivity index (χ4v) is 1.85. The SMILES string of the molecule is C1=NCn2cccc21.c1cc2n(c1)COC2. The Morgan fingerprint density at radius 2 is 2.00 bits per heavy atom. The van der Waals surface area contributed by atoms with Crippen molar-refractivity contribution in [2.45, 2.75) is 20.0 Å². The first kappa shape index (κ1) is 9.42. The van der Waals surface area contributed by atoms with Crippen molar-refractivity contribution in [2.24, 2.45) is 4.99 Å². The first-order chi connectivity index (χ1) is 7.93. The molecule has 0 fully saturated rings. The fourth-order valence-electron chi connectivity index (χ4n) is 1.85. The standard InChI is InChI=1S/C6H6N2.C6H7NO/c1-2-6-4-7-5-8(6)3-1;1-2-6-4-8-5-7(6)3-1/h1-4H,5H2;1-3H,4-5H2. The lowest BCUT2D eigenvalue weighted by Gasteiger charge is -1.88. The molecule has 0 amide bonds. The maximum Gasteiger partial charge on any atom is 0.123 e. The molecule has 82 valence electrons. The Balaban J connectivity index is 0.000000101. The van der Waals surface area contributed by atoms with Gasteiger partial charge in [-0.15, -0.1) is 0 Å². The molecule has 4 rings (SSSR count). The summed E-state index contributed by atoms with van der Waals surface area (Å²) in [5.41, 5.74) is 2.50. The second kappa shape index (κ2) is 3.98. The molecular formula is C12H13N3O. The van der Waals surface area contributed by atoms with E-state index in [0.29, 0.717) is 0 Å². The van der Waals surface area contributed by atoms with Crippen molar-refractivity contribution >= 4 is 6.21 Å². The van der Waals surface area contributed by atoms with Crippen LogP contribution in [-0.4, -0.2) is 15.3 Å². The van der Waals surface area contributed by atoms with E-state index in [4.69, 9.17) is 4.74 Å². The molecule has 0 aliphatic carbocycles. The minimum absolute atomic E-state index is 0.738. The van der Waals surface area contributed by atoms with Crippen LogP contribution in [0.15, 0.2) is 41.7 Å². The second-order valence-corrected chi connectivity index (χ2v) is 3.80. The van der Waals surface area contributed by atoms with E-state index in [1.54, 1.807) is 0 Å². The van der Waals surface area contributed by atoms with E-state index >= 15 is 0 Å². The summed E-state index contributed by atoms with van der Waals surface area (Å²) in [5, 5.41) is 0. The van der Waals surface area contributed by atoms with Crippen LogP contribution >= 0.6 is 0 Å². The Morgan fingerprint density at radius 1 is 1.12 bits per heavy atom. The zero-order valence-electron chi connectivity index (χ0n) is 8.91. The number of hydrogen-bond acceptors (Lipinski definition) is 2. The highest BCUT2D eigenvalue weighted by atomic mass is 16.5. The zero-order chi connectivity index (χ0) is 10.8. The van der Waals surface area contributed by atoms with E-state index in [2.05, 4.69) is 26.3 Å². The molecule has 0 radical (unpaired) electrons. The fraction of sp³-hybridized carbons (Fsp3) is 0.250. The Morgan fingerprint density at radius 3 is 2.88 bits per heavy atom. The van der Waals surface area contributed by atoms with E-state index in [-0.39, 0.29) is 0 Å². The van der Waals surface area contributed by atoms with Crippen LogP contribution < -0.4 is 0 Å². The van der Waals surface area contributed by atoms with Crippen LogP contribution in [0.4, 0.5) is 0 Å². The van der Waals surface area contributed by atoms with Crippen molar-refractivity contribution in [3.63, 3.8) is 0 Å². The Kier molecular flexibility index (Phi) is 2.34. The first-order valence-electron chi connectivity index (χ1n) is 5.30. The van der Waals surface area contributed by atoms with Crippen molar-refractivity contribution in [1.29, 1.82) is 0 Å². The monoisotopic (exact) mass is 215 g/mol. The van der Waals surface area contributed by atoms with Gasteiger partial charge in [-0.25, -0.2) is 0 Å². The van der Waals surface area contributed by atoms with E-state index in [1.807, 2.05) is 30.7 Å². The number of nitrogens with zero attached hydrogens (tertiary/aromatic N) is 3.